The topological polar surface area (TPSA) is 122 Å². The average Bonchev–Trinajstić information content (AvgIpc) is 3.56. The van der Waals surface area contributed by atoms with Gasteiger partial charge in [-0.2, -0.15) is 4.98 Å². The van der Waals surface area contributed by atoms with E-state index in [0.29, 0.717) is 36.0 Å². The van der Waals surface area contributed by atoms with Crippen molar-refractivity contribution in [2.45, 2.75) is 50.6 Å². The number of imidazole rings is 1. The Balaban J connectivity index is 1.28. The molecule has 1 aliphatic heterocycles. The highest BCUT2D eigenvalue weighted by Crippen LogP contribution is 2.28. The van der Waals surface area contributed by atoms with Crippen LogP contribution in [-0.4, -0.2) is 66.3 Å². The van der Waals surface area contributed by atoms with Gasteiger partial charge in [0.25, 0.3) is 5.91 Å². The number of nitrogens with one attached hydrogen (secondary N) is 1. The Kier molecular flexibility index (Phi) is 6.79. The quantitative estimate of drug-likeness (QED) is 0.562. The highest BCUT2D eigenvalue weighted by atomic mass is 16.5. The standard InChI is InChI=1S/C23H30N8O3/c1-30-15-24-13-20(30)22-27-19(12-21(28-22)34-14-16-6-10-33-11-7-16)23(32)26-17-2-4-18(5-3-17)31-9-8-25-29-31/h8-9,12-13,15-18H,2-7,10-11,14H2,1H3,(H,26,32). The number of nitrogens with zero attached hydrogens (tertiary/aromatic N) is 7. The molecule has 0 radical (unpaired) electrons. The van der Waals surface area contributed by atoms with Crippen LogP contribution in [0.4, 0.5) is 0 Å². The fourth-order valence-corrected chi connectivity index (χ4v) is 4.57. The molecular formula is C23H30N8O3. The normalized spacial score (nSPS) is 21.3. The molecule has 2 aliphatic rings. The Morgan fingerprint density at radius 3 is 2.71 bits per heavy atom. The molecule has 11 nitrogen and oxygen atoms in total. The molecule has 1 saturated carbocycles. The minimum Gasteiger partial charge on any atom is -0.477 e. The lowest BCUT2D eigenvalue weighted by Crippen LogP contribution is -2.38. The molecule has 0 bridgehead atoms. The number of aromatic nitrogens is 7. The average molecular weight is 467 g/mol. The van der Waals surface area contributed by atoms with E-state index in [-0.39, 0.29) is 11.9 Å². The van der Waals surface area contributed by atoms with Crippen LogP contribution in [0, 0.1) is 5.92 Å². The van der Waals surface area contributed by atoms with Crippen LogP contribution in [0.15, 0.2) is 31.0 Å². The summed E-state index contributed by atoms with van der Waals surface area (Å²) >= 11 is 0. The zero-order chi connectivity index (χ0) is 23.3. The van der Waals surface area contributed by atoms with E-state index in [1.54, 1.807) is 24.8 Å². The Hall–Kier alpha value is -3.34. The second-order valence-corrected chi connectivity index (χ2v) is 9.03. The molecule has 1 amide bonds. The highest BCUT2D eigenvalue weighted by molar-refractivity contribution is 5.93. The maximum Gasteiger partial charge on any atom is 0.270 e. The Labute approximate surface area is 197 Å². The molecule has 4 heterocycles. The monoisotopic (exact) mass is 466 g/mol. The predicted molar refractivity (Wildman–Crippen MR) is 122 cm³/mol. The summed E-state index contributed by atoms with van der Waals surface area (Å²) in [6.45, 7) is 2.05. The molecule has 3 aromatic heterocycles. The zero-order valence-electron chi connectivity index (χ0n) is 19.3. The first-order valence-electron chi connectivity index (χ1n) is 11.9. The van der Waals surface area contributed by atoms with E-state index >= 15 is 0 Å². The van der Waals surface area contributed by atoms with Gasteiger partial charge in [-0.1, -0.05) is 5.21 Å². The lowest BCUT2D eigenvalue weighted by molar-refractivity contribution is 0.0490. The van der Waals surface area contributed by atoms with Gasteiger partial charge >= 0.3 is 0 Å². The summed E-state index contributed by atoms with van der Waals surface area (Å²) in [5.74, 6) is 1.02. The van der Waals surface area contributed by atoms with Crippen LogP contribution < -0.4 is 10.1 Å². The van der Waals surface area contributed by atoms with E-state index in [9.17, 15) is 4.79 Å². The fraction of sp³-hybridized carbons (Fsp3) is 0.565. The van der Waals surface area contributed by atoms with Crippen molar-refractivity contribution in [2.24, 2.45) is 13.0 Å². The number of amides is 1. The Morgan fingerprint density at radius 1 is 1.18 bits per heavy atom. The third-order valence-electron chi connectivity index (χ3n) is 6.64. The SMILES string of the molecule is Cn1cncc1-c1nc(OCC2CCOCC2)cc(C(=O)NC2CCC(n3ccnn3)CC2)n1. The Morgan fingerprint density at radius 2 is 2.00 bits per heavy atom. The number of rotatable bonds is 7. The van der Waals surface area contributed by atoms with Crippen LogP contribution in [0.2, 0.25) is 0 Å². The van der Waals surface area contributed by atoms with Gasteiger partial charge in [0, 0.05) is 38.6 Å². The molecule has 1 saturated heterocycles. The maximum atomic E-state index is 13.2. The third-order valence-corrected chi connectivity index (χ3v) is 6.64. The maximum absolute atomic E-state index is 13.2. The van der Waals surface area contributed by atoms with Gasteiger partial charge in [-0.25, -0.2) is 14.6 Å². The molecule has 0 atom stereocenters. The number of ether oxygens (including phenoxy) is 2. The van der Waals surface area contributed by atoms with E-state index in [0.717, 1.165) is 57.4 Å². The van der Waals surface area contributed by atoms with Gasteiger partial charge in [-0.15, -0.1) is 5.10 Å². The van der Waals surface area contributed by atoms with Crippen LogP contribution in [0.3, 0.4) is 0 Å². The second kappa shape index (κ2) is 10.3. The summed E-state index contributed by atoms with van der Waals surface area (Å²) in [5, 5.41) is 11.2. The molecule has 0 spiro atoms. The molecule has 0 unspecified atom stereocenters. The summed E-state index contributed by atoms with van der Waals surface area (Å²) < 4.78 is 15.2. The van der Waals surface area contributed by atoms with Gasteiger partial charge in [0.1, 0.15) is 11.4 Å². The first-order chi connectivity index (χ1) is 16.7. The van der Waals surface area contributed by atoms with Crippen molar-refractivity contribution in [3.8, 4) is 17.4 Å². The largest absolute Gasteiger partial charge is 0.477 e. The summed E-state index contributed by atoms with van der Waals surface area (Å²) in [7, 11) is 1.87. The summed E-state index contributed by atoms with van der Waals surface area (Å²) in [6.07, 6.45) is 12.5. The van der Waals surface area contributed by atoms with Gasteiger partial charge in [-0.3, -0.25) is 4.79 Å². The Bertz CT molecular complexity index is 1090. The first-order valence-corrected chi connectivity index (χ1v) is 11.9. The van der Waals surface area contributed by atoms with Crippen LogP contribution in [0.5, 0.6) is 5.88 Å². The molecule has 11 heteroatoms. The molecule has 1 aliphatic carbocycles. The van der Waals surface area contributed by atoms with Crippen LogP contribution in [0.25, 0.3) is 11.5 Å². The zero-order valence-corrected chi connectivity index (χ0v) is 19.3. The second-order valence-electron chi connectivity index (χ2n) is 9.03. The van der Waals surface area contributed by atoms with E-state index in [4.69, 9.17) is 9.47 Å². The summed E-state index contributed by atoms with van der Waals surface area (Å²) in [4.78, 5) is 26.4. The lowest BCUT2D eigenvalue weighted by Gasteiger charge is -2.28. The minimum atomic E-state index is -0.217. The molecule has 5 rings (SSSR count). The van der Waals surface area contributed by atoms with Crippen LogP contribution in [0.1, 0.15) is 55.1 Å². The van der Waals surface area contributed by atoms with Crippen LogP contribution >= 0.6 is 0 Å². The molecule has 34 heavy (non-hydrogen) atoms. The summed E-state index contributed by atoms with van der Waals surface area (Å²) in [6, 6.07) is 2.06. The minimum absolute atomic E-state index is 0.0917. The van der Waals surface area contributed by atoms with Crippen molar-refractivity contribution < 1.29 is 14.3 Å². The fourth-order valence-electron chi connectivity index (χ4n) is 4.57. The molecule has 1 N–H and O–H groups in total. The van der Waals surface area contributed by atoms with Crippen molar-refractivity contribution in [2.75, 3.05) is 19.8 Å². The molecule has 3 aromatic rings. The number of hydrogen-bond acceptors (Lipinski definition) is 8. The molecule has 2 fully saturated rings. The molecule has 180 valence electrons. The van der Waals surface area contributed by atoms with Crippen molar-refractivity contribution in [3.63, 3.8) is 0 Å². The van der Waals surface area contributed by atoms with Gasteiger partial charge in [0.15, 0.2) is 5.82 Å². The number of hydrogen-bond donors (Lipinski definition) is 1. The number of carbonyl (C=O) groups is 1. The third kappa shape index (κ3) is 5.24. The van der Waals surface area contributed by atoms with E-state index in [2.05, 4.69) is 30.6 Å². The number of aryl methyl sites for hydroxylation is 1. The molecular weight excluding hydrogens is 436 g/mol. The van der Waals surface area contributed by atoms with Gasteiger partial charge < -0.3 is 19.4 Å². The predicted octanol–water partition coefficient (Wildman–Crippen LogP) is 2.19. The first kappa shape index (κ1) is 22.5. The van der Waals surface area contributed by atoms with Gasteiger partial charge in [0.05, 0.1) is 31.4 Å². The van der Waals surface area contributed by atoms with Crippen molar-refractivity contribution >= 4 is 5.91 Å². The number of carbonyl (C=O) groups excluding carboxylic acids is 1. The van der Waals surface area contributed by atoms with Gasteiger partial charge in [0.2, 0.25) is 5.88 Å². The van der Waals surface area contributed by atoms with Gasteiger partial charge in [-0.05, 0) is 44.4 Å². The van der Waals surface area contributed by atoms with Crippen LogP contribution in [-0.2, 0) is 11.8 Å². The lowest BCUT2D eigenvalue weighted by atomic mass is 9.91. The summed E-state index contributed by atoms with van der Waals surface area (Å²) in [5.41, 5.74) is 1.02. The van der Waals surface area contributed by atoms with Crippen molar-refractivity contribution in [1.29, 1.82) is 0 Å². The van der Waals surface area contributed by atoms with E-state index in [1.807, 2.05) is 22.5 Å². The van der Waals surface area contributed by atoms with E-state index < -0.39 is 0 Å². The van der Waals surface area contributed by atoms with E-state index in [1.165, 1.54) is 0 Å². The molecule has 0 aromatic carbocycles. The smallest absolute Gasteiger partial charge is 0.270 e. The van der Waals surface area contributed by atoms with Crippen molar-refractivity contribution in [3.05, 3.63) is 36.7 Å². The van der Waals surface area contributed by atoms with Crippen molar-refractivity contribution in [1.82, 2.24) is 39.8 Å². The highest BCUT2D eigenvalue weighted by Gasteiger charge is 2.25.